The normalized spacial score (nSPS) is 14.6. The molecule has 29 heavy (non-hydrogen) atoms. The van der Waals surface area contributed by atoms with Crippen molar-refractivity contribution in [3.63, 3.8) is 0 Å². The number of rotatable bonds is 7. The van der Waals surface area contributed by atoms with Crippen molar-refractivity contribution >= 4 is 23.5 Å². The third kappa shape index (κ3) is 5.07. The predicted molar refractivity (Wildman–Crippen MR) is 101 cm³/mol. The molecule has 5 nitrogen and oxygen atoms in total. The van der Waals surface area contributed by atoms with E-state index in [2.05, 4.69) is 0 Å². The fraction of sp³-hybridized carbons (Fsp3) is 0.300. The van der Waals surface area contributed by atoms with Crippen molar-refractivity contribution in [2.45, 2.75) is 31.7 Å². The summed E-state index contributed by atoms with van der Waals surface area (Å²) >= 11 is 5.94. The Balaban J connectivity index is 2.49. The van der Waals surface area contributed by atoms with Crippen LogP contribution in [0.2, 0.25) is 5.02 Å². The van der Waals surface area contributed by atoms with Crippen molar-refractivity contribution in [1.82, 2.24) is 5.32 Å². The smallest absolute Gasteiger partial charge is 0.460 e. The molecule has 0 heterocycles. The first-order valence-electron chi connectivity index (χ1n) is 8.84. The number of benzene rings is 2. The highest BCUT2D eigenvalue weighted by Gasteiger charge is 2.68. The number of alkyl halides is 3. The van der Waals surface area contributed by atoms with Crippen LogP contribution in [0.5, 0.6) is 0 Å². The minimum atomic E-state index is -5.15. The summed E-state index contributed by atoms with van der Waals surface area (Å²) in [4.78, 5) is 25.1. The minimum Gasteiger partial charge on any atom is -0.460 e. The average Bonchev–Trinajstić information content (AvgIpc) is 2.67. The van der Waals surface area contributed by atoms with Crippen LogP contribution in [0.15, 0.2) is 54.6 Å². The number of esters is 1. The van der Waals surface area contributed by atoms with E-state index in [0.717, 1.165) is 5.32 Å². The Bertz CT molecular complexity index is 862. The third-order valence-electron chi connectivity index (χ3n) is 4.30. The molecule has 0 unspecified atom stereocenters. The van der Waals surface area contributed by atoms with Crippen LogP contribution in [-0.4, -0.2) is 30.3 Å². The second-order valence-corrected chi connectivity index (χ2v) is 6.73. The van der Waals surface area contributed by atoms with Gasteiger partial charge >= 0.3 is 17.8 Å². The van der Waals surface area contributed by atoms with Crippen molar-refractivity contribution < 1.29 is 32.8 Å². The summed E-state index contributed by atoms with van der Waals surface area (Å²) in [6.45, 7) is 2.60. The van der Waals surface area contributed by atoms with Gasteiger partial charge in [-0.15, -0.1) is 0 Å². The summed E-state index contributed by atoms with van der Waals surface area (Å²) in [6.07, 6.45) is -5.15. The Morgan fingerprint density at radius 1 is 1.10 bits per heavy atom. The molecule has 0 saturated heterocycles. The molecule has 0 spiro atoms. The number of carbonyl (C=O) groups is 2. The summed E-state index contributed by atoms with van der Waals surface area (Å²) < 4.78 is 47.4. The van der Waals surface area contributed by atoms with Crippen LogP contribution in [0, 0.1) is 0 Å². The molecule has 9 heteroatoms. The Morgan fingerprint density at radius 2 is 1.69 bits per heavy atom. The highest BCUT2D eigenvalue weighted by molar-refractivity contribution is 6.33. The van der Waals surface area contributed by atoms with Gasteiger partial charge in [-0.3, -0.25) is 10.1 Å². The standard InChI is InChI=1S/C20H20ClF3N2O3/c1-3-29-18(28)19(20(22,23)24,25-13(2)14-9-5-4-6-10-14)26-17(27)15-11-7-8-12-16(15)21/h4-13,25H,3H2,1-2H3,(H,26,27)/p+1/t13-,19-/m1/s1. The second-order valence-electron chi connectivity index (χ2n) is 6.33. The van der Waals surface area contributed by atoms with Crippen LogP contribution in [0.3, 0.4) is 0 Å². The van der Waals surface area contributed by atoms with E-state index < -0.39 is 29.8 Å². The van der Waals surface area contributed by atoms with E-state index in [1.807, 2.05) is 5.32 Å². The fourth-order valence-electron chi connectivity index (χ4n) is 2.81. The molecule has 2 aromatic rings. The van der Waals surface area contributed by atoms with E-state index in [-0.39, 0.29) is 17.2 Å². The molecular formula is C20H21ClF3N2O3+. The summed E-state index contributed by atoms with van der Waals surface area (Å²) in [5.74, 6) is -2.76. The number of hydrogen-bond acceptors (Lipinski definition) is 3. The fourth-order valence-corrected chi connectivity index (χ4v) is 3.03. The molecule has 0 aliphatic carbocycles. The number of nitrogens with one attached hydrogen (secondary N) is 1. The lowest BCUT2D eigenvalue weighted by Gasteiger charge is -2.33. The number of amides is 1. The van der Waals surface area contributed by atoms with Gasteiger partial charge in [0.2, 0.25) is 0 Å². The molecule has 0 fully saturated rings. The van der Waals surface area contributed by atoms with Crippen LogP contribution < -0.4 is 10.6 Å². The number of carbonyl (C=O) groups excluding carboxylic acids is 2. The molecule has 3 N–H and O–H groups in total. The summed E-state index contributed by atoms with van der Waals surface area (Å²) in [7, 11) is 0. The van der Waals surface area contributed by atoms with Gasteiger partial charge in [-0.1, -0.05) is 54.1 Å². The van der Waals surface area contributed by atoms with Crippen molar-refractivity contribution in [3.05, 3.63) is 70.7 Å². The number of quaternary nitrogens is 1. The van der Waals surface area contributed by atoms with Crippen LogP contribution in [0.4, 0.5) is 13.2 Å². The van der Waals surface area contributed by atoms with Crippen LogP contribution in [0.25, 0.3) is 0 Å². The predicted octanol–water partition coefficient (Wildman–Crippen LogP) is 3.22. The molecule has 0 aromatic heterocycles. The van der Waals surface area contributed by atoms with Gasteiger partial charge in [0.25, 0.3) is 5.91 Å². The molecule has 156 valence electrons. The minimum absolute atomic E-state index is 0.0407. The lowest BCUT2D eigenvalue weighted by atomic mass is 10.0. The zero-order valence-electron chi connectivity index (χ0n) is 15.8. The second kappa shape index (κ2) is 9.28. The molecule has 0 aliphatic heterocycles. The average molecular weight is 430 g/mol. The highest BCUT2D eigenvalue weighted by Crippen LogP contribution is 2.29. The van der Waals surface area contributed by atoms with E-state index in [1.165, 1.54) is 38.1 Å². The zero-order valence-corrected chi connectivity index (χ0v) is 16.6. The molecule has 0 aliphatic rings. The Labute approximate surface area is 171 Å². The van der Waals surface area contributed by atoms with Gasteiger partial charge in [0, 0.05) is 5.56 Å². The Morgan fingerprint density at radius 3 is 2.24 bits per heavy atom. The van der Waals surface area contributed by atoms with E-state index >= 15 is 0 Å². The first-order chi connectivity index (χ1) is 13.6. The third-order valence-corrected chi connectivity index (χ3v) is 4.63. The molecule has 2 rings (SSSR count). The zero-order chi connectivity index (χ0) is 21.7. The van der Waals surface area contributed by atoms with Crippen LogP contribution in [-0.2, 0) is 9.53 Å². The quantitative estimate of drug-likeness (QED) is 0.524. The summed E-state index contributed by atoms with van der Waals surface area (Å²) in [5.41, 5.74) is -3.00. The van der Waals surface area contributed by atoms with Crippen molar-refractivity contribution in [2.75, 3.05) is 6.61 Å². The van der Waals surface area contributed by atoms with Gasteiger partial charge in [-0.2, -0.15) is 13.2 Å². The Kier molecular flexibility index (Phi) is 7.26. The van der Waals surface area contributed by atoms with E-state index in [0.29, 0.717) is 5.56 Å². The largest absolute Gasteiger partial charge is 0.478 e. The maximum Gasteiger partial charge on any atom is 0.478 e. The molecule has 0 saturated carbocycles. The Hall–Kier alpha value is -2.58. The van der Waals surface area contributed by atoms with Gasteiger partial charge in [0.15, 0.2) is 0 Å². The number of nitrogens with two attached hydrogens (primary N) is 1. The van der Waals surface area contributed by atoms with Crippen molar-refractivity contribution in [1.29, 1.82) is 0 Å². The molecule has 0 bridgehead atoms. The molecule has 2 atom stereocenters. The maximum atomic E-state index is 14.2. The van der Waals surface area contributed by atoms with Crippen LogP contribution >= 0.6 is 11.6 Å². The number of halogens is 4. The van der Waals surface area contributed by atoms with Crippen molar-refractivity contribution in [2.24, 2.45) is 0 Å². The van der Waals surface area contributed by atoms with Gasteiger partial charge in [-0.05, 0) is 26.0 Å². The van der Waals surface area contributed by atoms with E-state index in [1.54, 1.807) is 30.3 Å². The van der Waals surface area contributed by atoms with Crippen molar-refractivity contribution in [3.8, 4) is 0 Å². The summed E-state index contributed by atoms with van der Waals surface area (Å²) in [5, 5.41) is 2.54. The highest BCUT2D eigenvalue weighted by atomic mass is 35.5. The van der Waals surface area contributed by atoms with E-state index in [9.17, 15) is 22.8 Å². The molecule has 2 aromatic carbocycles. The van der Waals surface area contributed by atoms with Gasteiger partial charge in [-0.25, -0.2) is 4.79 Å². The first-order valence-corrected chi connectivity index (χ1v) is 9.22. The number of hydrogen-bond donors (Lipinski definition) is 2. The summed E-state index contributed by atoms with van der Waals surface area (Å²) in [6, 6.07) is 13.1. The topological polar surface area (TPSA) is 72.0 Å². The van der Waals surface area contributed by atoms with Crippen LogP contribution in [0.1, 0.15) is 35.8 Å². The molecular weight excluding hydrogens is 409 g/mol. The van der Waals surface area contributed by atoms with Gasteiger partial charge in [0.1, 0.15) is 6.04 Å². The monoisotopic (exact) mass is 429 g/mol. The molecule has 0 radical (unpaired) electrons. The first kappa shape index (κ1) is 22.7. The number of ether oxygens (including phenoxy) is 1. The van der Waals surface area contributed by atoms with Gasteiger partial charge < -0.3 is 10.1 Å². The SMILES string of the molecule is CCOC(=O)[C@](NC(=O)c1ccccc1Cl)([NH2+][C@H](C)c1ccccc1)C(F)(F)F. The maximum absolute atomic E-state index is 14.2. The lowest BCUT2D eigenvalue weighted by Crippen LogP contribution is -3.07. The van der Waals surface area contributed by atoms with Gasteiger partial charge in [0.05, 0.1) is 17.2 Å². The lowest BCUT2D eigenvalue weighted by molar-refractivity contribution is -0.774. The molecule has 1 amide bonds. The van der Waals surface area contributed by atoms with E-state index in [4.69, 9.17) is 16.3 Å².